The zero-order valence-electron chi connectivity index (χ0n) is 11.1. The molecular formula is C15H19NO3. The molecule has 102 valence electrons. The lowest BCUT2D eigenvalue weighted by Crippen LogP contribution is -2.24. The second-order valence-corrected chi connectivity index (χ2v) is 4.40. The summed E-state index contributed by atoms with van der Waals surface area (Å²) in [5, 5.41) is 2.89. The summed E-state index contributed by atoms with van der Waals surface area (Å²) >= 11 is 0. The molecule has 0 spiro atoms. The molecular weight excluding hydrogens is 242 g/mol. The summed E-state index contributed by atoms with van der Waals surface area (Å²) in [5.41, 5.74) is 1.09. The van der Waals surface area contributed by atoms with Crippen LogP contribution in [0.3, 0.4) is 0 Å². The Hall–Kier alpha value is -1.97. The summed E-state index contributed by atoms with van der Waals surface area (Å²) in [7, 11) is 0. The molecule has 1 aliphatic heterocycles. The number of fused-ring (bicyclic) bond motifs is 1. The van der Waals surface area contributed by atoms with Gasteiger partial charge in [-0.3, -0.25) is 4.79 Å². The van der Waals surface area contributed by atoms with E-state index in [1.165, 1.54) is 0 Å². The highest BCUT2D eigenvalue weighted by Gasteiger charge is 2.13. The van der Waals surface area contributed by atoms with Crippen LogP contribution in [0.5, 0.6) is 11.5 Å². The molecule has 0 unspecified atom stereocenters. The van der Waals surface area contributed by atoms with Gasteiger partial charge in [-0.25, -0.2) is 0 Å². The Morgan fingerprint density at radius 2 is 2.21 bits per heavy atom. The van der Waals surface area contributed by atoms with E-state index in [1.807, 2.05) is 37.3 Å². The first-order valence-corrected chi connectivity index (χ1v) is 6.56. The number of amides is 1. The summed E-state index contributed by atoms with van der Waals surface area (Å²) in [4.78, 5) is 11.6. The lowest BCUT2D eigenvalue weighted by atomic mass is 10.1. The first-order chi connectivity index (χ1) is 9.29. The highest BCUT2D eigenvalue weighted by Crippen LogP contribution is 2.32. The van der Waals surface area contributed by atoms with Crippen molar-refractivity contribution in [3.63, 3.8) is 0 Å². The summed E-state index contributed by atoms with van der Waals surface area (Å²) < 4.78 is 10.6. The van der Waals surface area contributed by atoms with Gasteiger partial charge in [0, 0.05) is 13.0 Å². The average Bonchev–Trinajstić information content (AvgIpc) is 2.89. The standard InChI is InChI=1S/C15H19NO3/c1-2-3-4-9-16-15(17)8-6-12-5-7-13-14(10-12)19-11-18-13/h2-3,5,7,10H,4,6,8-9,11H2,1H3,(H,16,17)/b3-2+. The molecule has 1 aromatic carbocycles. The Morgan fingerprint density at radius 1 is 1.37 bits per heavy atom. The molecule has 0 saturated heterocycles. The Labute approximate surface area is 113 Å². The van der Waals surface area contributed by atoms with Crippen molar-refractivity contribution in [3.05, 3.63) is 35.9 Å². The molecule has 1 aliphatic rings. The fourth-order valence-corrected chi connectivity index (χ4v) is 1.90. The number of carbonyl (C=O) groups is 1. The topological polar surface area (TPSA) is 47.6 Å². The first kappa shape index (κ1) is 13.5. The minimum atomic E-state index is 0.0853. The Bertz CT molecular complexity index is 468. The van der Waals surface area contributed by atoms with Crippen LogP contribution in [0.25, 0.3) is 0 Å². The van der Waals surface area contributed by atoms with Crippen LogP contribution in [-0.4, -0.2) is 19.2 Å². The number of nitrogens with one attached hydrogen (secondary N) is 1. The van der Waals surface area contributed by atoms with Crippen molar-refractivity contribution in [1.82, 2.24) is 5.32 Å². The predicted octanol–water partition coefficient (Wildman–Crippen LogP) is 2.43. The van der Waals surface area contributed by atoms with Crippen LogP contribution >= 0.6 is 0 Å². The van der Waals surface area contributed by atoms with E-state index in [-0.39, 0.29) is 12.7 Å². The van der Waals surface area contributed by atoms with Crippen molar-refractivity contribution in [2.24, 2.45) is 0 Å². The first-order valence-electron chi connectivity index (χ1n) is 6.56. The monoisotopic (exact) mass is 261 g/mol. The molecule has 0 saturated carbocycles. The molecule has 4 heteroatoms. The highest BCUT2D eigenvalue weighted by molar-refractivity contribution is 5.76. The van der Waals surface area contributed by atoms with E-state index in [9.17, 15) is 4.79 Å². The van der Waals surface area contributed by atoms with Crippen molar-refractivity contribution in [2.75, 3.05) is 13.3 Å². The lowest BCUT2D eigenvalue weighted by molar-refractivity contribution is -0.121. The molecule has 0 fully saturated rings. The average molecular weight is 261 g/mol. The van der Waals surface area contributed by atoms with Gasteiger partial charge >= 0.3 is 0 Å². The maximum Gasteiger partial charge on any atom is 0.231 e. The molecule has 1 N–H and O–H groups in total. The number of hydrogen-bond acceptors (Lipinski definition) is 3. The number of rotatable bonds is 6. The fourth-order valence-electron chi connectivity index (χ4n) is 1.90. The molecule has 1 aromatic rings. The van der Waals surface area contributed by atoms with Gasteiger partial charge in [-0.05, 0) is 37.5 Å². The zero-order valence-corrected chi connectivity index (χ0v) is 11.1. The third-order valence-electron chi connectivity index (χ3n) is 2.95. The van der Waals surface area contributed by atoms with Crippen molar-refractivity contribution in [3.8, 4) is 11.5 Å². The summed E-state index contributed by atoms with van der Waals surface area (Å²) in [6.07, 6.45) is 6.12. The van der Waals surface area contributed by atoms with E-state index >= 15 is 0 Å². The number of ether oxygens (including phenoxy) is 2. The molecule has 1 heterocycles. The molecule has 19 heavy (non-hydrogen) atoms. The van der Waals surface area contributed by atoms with Gasteiger partial charge in [0.25, 0.3) is 0 Å². The highest BCUT2D eigenvalue weighted by atomic mass is 16.7. The van der Waals surface area contributed by atoms with Crippen LogP contribution in [-0.2, 0) is 11.2 Å². The number of allylic oxidation sites excluding steroid dienone is 1. The quantitative estimate of drug-likeness (QED) is 0.632. The van der Waals surface area contributed by atoms with Crippen LogP contribution in [0.15, 0.2) is 30.4 Å². The van der Waals surface area contributed by atoms with E-state index in [0.29, 0.717) is 19.4 Å². The molecule has 0 bridgehead atoms. The van der Waals surface area contributed by atoms with Crippen LogP contribution < -0.4 is 14.8 Å². The summed E-state index contributed by atoms with van der Waals surface area (Å²) in [5.74, 6) is 1.63. The van der Waals surface area contributed by atoms with Crippen molar-refractivity contribution >= 4 is 5.91 Å². The van der Waals surface area contributed by atoms with Crippen molar-refractivity contribution < 1.29 is 14.3 Å². The summed E-state index contributed by atoms with van der Waals surface area (Å²) in [6, 6.07) is 5.80. The second-order valence-electron chi connectivity index (χ2n) is 4.40. The lowest BCUT2D eigenvalue weighted by Gasteiger charge is -2.04. The Kier molecular flexibility index (Phi) is 4.84. The van der Waals surface area contributed by atoms with Gasteiger partial charge in [0.1, 0.15) is 0 Å². The van der Waals surface area contributed by atoms with Gasteiger partial charge in [-0.2, -0.15) is 0 Å². The number of benzene rings is 1. The molecule has 0 aliphatic carbocycles. The number of carbonyl (C=O) groups excluding carboxylic acids is 1. The molecule has 0 atom stereocenters. The van der Waals surface area contributed by atoms with Crippen LogP contribution in [0.2, 0.25) is 0 Å². The van der Waals surface area contributed by atoms with Gasteiger partial charge in [-0.1, -0.05) is 18.2 Å². The van der Waals surface area contributed by atoms with Gasteiger partial charge in [-0.15, -0.1) is 0 Å². The van der Waals surface area contributed by atoms with Crippen molar-refractivity contribution in [2.45, 2.75) is 26.2 Å². The number of aryl methyl sites for hydroxylation is 1. The third kappa shape index (κ3) is 4.02. The molecule has 4 nitrogen and oxygen atoms in total. The summed E-state index contributed by atoms with van der Waals surface area (Å²) in [6.45, 7) is 2.95. The van der Waals surface area contributed by atoms with E-state index < -0.39 is 0 Å². The van der Waals surface area contributed by atoms with Gasteiger partial charge in [0.15, 0.2) is 11.5 Å². The smallest absolute Gasteiger partial charge is 0.231 e. The van der Waals surface area contributed by atoms with E-state index in [2.05, 4.69) is 5.32 Å². The molecule has 0 aromatic heterocycles. The minimum Gasteiger partial charge on any atom is -0.454 e. The number of hydrogen-bond donors (Lipinski definition) is 1. The van der Waals surface area contributed by atoms with Gasteiger partial charge in [0.2, 0.25) is 12.7 Å². The predicted molar refractivity (Wildman–Crippen MR) is 73.3 cm³/mol. The molecule has 2 rings (SSSR count). The van der Waals surface area contributed by atoms with Crippen molar-refractivity contribution in [1.29, 1.82) is 0 Å². The fraction of sp³-hybridized carbons (Fsp3) is 0.400. The van der Waals surface area contributed by atoms with E-state index in [0.717, 1.165) is 23.5 Å². The van der Waals surface area contributed by atoms with Gasteiger partial charge < -0.3 is 14.8 Å². The molecule has 0 radical (unpaired) electrons. The zero-order chi connectivity index (χ0) is 13.5. The SMILES string of the molecule is C/C=C/CCNC(=O)CCc1ccc2c(c1)OCO2. The van der Waals surface area contributed by atoms with E-state index in [1.54, 1.807) is 0 Å². The van der Waals surface area contributed by atoms with Gasteiger partial charge in [0.05, 0.1) is 0 Å². The second kappa shape index (κ2) is 6.83. The Balaban J connectivity index is 1.74. The maximum absolute atomic E-state index is 11.6. The third-order valence-corrected chi connectivity index (χ3v) is 2.95. The van der Waals surface area contributed by atoms with E-state index in [4.69, 9.17) is 9.47 Å². The van der Waals surface area contributed by atoms with Crippen LogP contribution in [0, 0.1) is 0 Å². The van der Waals surface area contributed by atoms with Crippen LogP contribution in [0.4, 0.5) is 0 Å². The minimum absolute atomic E-state index is 0.0853. The molecule has 1 amide bonds. The Morgan fingerprint density at radius 3 is 3.05 bits per heavy atom. The van der Waals surface area contributed by atoms with Crippen LogP contribution in [0.1, 0.15) is 25.3 Å². The normalized spacial score (nSPS) is 12.9. The largest absolute Gasteiger partial charge is 0.454 e. The maximum atomic E-state index is 11.6.